The van der Waals surface area contributed by atoms with E-state index in [2.05, 4.69) is 5.32 Å². The van der Waals surface area contributed by atoms with E-state index in [1.54, 1.807) is 56.5 Å². The SMILES string of the molecule is COc1ccc(C(=O)C(C)OC(=O)c2ccc3c(c2)CCC(=O)N3)cc1. The van der Waals surface area contributed by atoms with E-state index >= 15 is 0 Å². The highest BCUT2D eigenvalue weighted by Gasteiger charge is 2.22. The van der Waals surface area contributed by atoms with Gasteiger partial charge in [-0.3, -0.25) is 9.59 Å². The van der Waals surface area contributed by atoms with Crippen LogP contribution in [0.15, 0.2) is 42.5 Å². The molecule has 0 aromatic heterocycles. The van der Waals surface area contributed by atoms with Crippen LogP contribution < -0.4 is 10.1 Å². The van der Waals surface area contributed by atoms with Crippen molar-refractivity contribution in [3.05, 3.63) is 59.2 Å². The zero-order valence-corrected chi connectivity index (χ0v) is 14.6. The number of methoxy groups -OCH3 is 1. The van der Waals surface area contributed by atoms with Crippen LogP contribution in [0.5, 0.6) is 5.75 Å². The summed E-state index contributed by atoms with van der Waals surface area (Å²) in [6.07, 6.45) is 0.0483. The third-order valence-electron chi connectivity index (χ3n) is 4.26. The van der Waals surface area contributed by atoms with Gasteiger partial charge in [-0.2, -0.15) is 0 Å². The fourth-order valence-corrected chi connectivity index (χ4v) is 2.78. The Morgan fingerprint density at radius 2 is 1.73 bits per heavy atom. The van der Waals surface area contributed by atoms with Crippen molar-refractivity contribution in [2.24, 2.45) is 0 Å². The highest BCUT2D eigenvalue weighted by molar-refractivity contribution is 6.02. The second-order valence-electron chi connectivity index (χ2n) is 6.06. The number of fused-ring (bicyclic) bond motifs is 1. The lowest BCUT2D eigenvalue weighted by Gasteiger charge is -2.18. The first-order chi connectivity index (χ1) is 12.5. The number of anilines is 1. The highest BCUT2D eigenvalue weighted by atomic mass is 16.5. The molecule has 1 N–H and O–H groups in total. The first-order valence-electron chi connectivity index (χ1n) is 8.30. The van der Waals surface area contributed by atoms with Crippen molar-refractivity contribution in [1.29, 1.82) is 0 Å². The Balaban J connectivity index is 1.68. The molecule has 0 radical (unpaired) electrons. The Morgan fingerprint density at radius 1 is 1.04 bits per heavy atom. The molecular formula is C20H19NO5. The summed E-state index contributed by atoms with van der Waals surface area (Å²) < 4.78 is 10.4. The number of ether oxygens (including phenoxy) is 2. The molecule has 26 heavy (non-hydrogen) atoms. The summed E-state index contributed by atoms with van der Waals surface area (Å²) in [5.74, 6) is -0.246. The molecule has 1 atom stereocenters. The van der Waals surface area contributed by atoms with Crippen LogP contribution in [0.2, 0.25) is 0 Å². The minimum atomic E-state index is -0.911. The third-order valence-corrected chi connectivity index (χ3v) is 4.26. The van der Waals surface area contributed by atoms with E-state index in [-0.39, 0.29) is 11.7 Å². The van der Waals surface area contributed by atoms with Crippen LogP contribution in [0.3, 0.4) is 0 Å². The summed E-state index contributed by atoms with van der Waals surface area (Å²) in [5, 5.41) is 2.76. The van der Waals surface area contributed by atoms with Crippen molar-refractivity contribution < 1.29 is 23.9 Å². The molecule has 1 aliphatic heterocycles. The van der Waals surface area contributed by atoms with Crippen LogP contribution in [-0.2, 0) is 16.0 Å². The molecule has 0 saturated heterocycles. The zero-order chi connectivity index (χ0) is 18.7. The van der Waals surface area contributed by atoms with Gasteiger partial charge in [-0.1, -0.05) is 0 Å². The molecule has 0 bridgehead atoms. The summed E-state index contributed by atoms with van der Waals surface area (Å²) in [6, 6.07) is 11.6. The first-order valence-corrected chi connectivity index (χ1v) is 8.30. The number of Topliss-reactive ketones (excluding diaryl/α,β-unsaturated/α-hetero) is 1. The van der Waals surface area contributed by atoms with Crippen LogP contribution in [-0.4, -0.2) is 30.9 Å². The number of ketones is 1. The fraction of sp³-hybridized carbons (Fsp3) is 0.250. The Kier molecular flexibility index (Phi) is 5.02. The number of amides is 1. The molecule has 0 fully saturated rings. The van der Waals surface area contributed by atoms with Gasteiger partial charge in [0.25, 0.3) is 0 Å². The number of nitrogens with one attached hydrogen (secondary N) is 1. The maximum atomic E-state index is 12.4. The number of rotatable bonds is 5. The lowest BCUT2D eigenvalue weighted by molar-refractivity contribution is -0.116. The molecule has 0 aliphatic carbocycles. The van der Waals surface area contributed by atoms with E-state index < -0.39 is 12.1 Å². The van der Waals surface area contributed by atoms with Crippen molar-refractivity contribution in [1.82, 2.24) is 0 Å². The third kappa shape index (κ3) is 3.74. The van der Waals surface area contributed by atoms with Gasteiger partial charge in [0.05, 0.1) is 12.7 Å². The van der Waals surface area contributed by atoms with Gasteiger partial charge in [-0.15, -0.1) is 0 Å². The molecule has 1 aliphatic rings. The molecule has 134 valence electrons. The Labute approximate surface area is 151 Å². The van der Waals surface area contributed by atoms with Gasteiger partial charge in [-0.25, -0.2) is 4.79 Å². The minimum absolute atomic E-state index is 0.0356. The van der Waals surface area contributed by atoms with Gasteiger partial charge in [0.1, 0.15) is 5.75 Å². The Bertz CT molecular complexity index is 857. The predicted octanol–water partition coefficient (Wildman–Crippen LogP) is 3.01. The zero-order valence-electron chi connectivity index (χ0n) is 14.6. The normalized spacial score (nSPS) is 14.0. The number of aryl methyl sites for hydroxylation is 1. The lowest BCUT2D eigenvalue weighted by Crippen LogP contribution is -2.25. The maximum Gasteiger partial charge on any atom is 0.338 e. The molecule has 1 amide bonds. The smallest absolute Gasteiger partial charge is 0.338 e. The van der Waals surface area contributed by atoms with Crippen molar-refractivity contribution in [2.75, 3.05) is 12.4 Å². The summed E-state index contributed by atoms with van der Waals surface area (Å²) in [7, 11) is 1.55. The molecular weight excluding hydrogens is 334 g/mol. The number of benzene rings is 2. The molecule has 0 spiro atoms. The number of hydrogen-bond acceptors (Lipinski definition) is 5. The van der Waals surface area contributed by atoms with Crippen LogP contribution >= 0.6 is 0 Å². The molecule has 2 aromatic carbocycles. The monoisotopic (exact) mass is 353 g/mol. The molecule has 1 unspecified atom stereocenters. The van der Waals surface area contributed by atoms with Crippen molar-refractivity contribution in [2.45, 2.75) is 25.9 Å². The molecule has 1 heterocycles. The van der Waals surface area contributed by atoms with Crippen LogP contribution in [0, 0.1) is 0 Å². The molecule has 3 rings (SSSR count). The fourth-order valence-electron chi connectivity index (χ4n) is 2.78. The van der Waals surface area contributed by atoms with Gasteiger partial charge in [0.2, 0.25) is 11.7 Å². The van der Waals surface area contributed by atoms with Crippen molar-refractivity contribution in [3.63, 3.8) is 0 Å². The quantitative estimate of drug-likeness (QED) is 0.660. The van der Waals surface area contributed by atoms with E-state index in [0.29, 0.717) is 35.4 Å². The van der Waals surface area contributed by atoms with Gasteiger partial charge < -0.3 is 14.8 Å². The largest absolute Gasteiger partial charge is 0.497 e. The maximum absolute atomic E-state index is 12.4. The standard InChI is InChI=1S/C20H19NO5/c1-12(19(23)13-3-7-16(25-2)8-4-13)26-20(24)15-5-9-17-14(11-15)6-10-18(22)21-17/h3-5,7-9,11-12H,6,10H2,1-2H3,(H,21,22). The molecule has 0 saturated carbocycles. The van der Waals surface area contributed by atoms with E-state index in [0.717, 1.165) is 5.56 Å². The number of carbonyl (C=O) groups excluding carboxylic acids is 3. The van der Waals surface area contributed by atoms with Crippen LogP contribution in [0.25, 0.3) is 0 Å². The average molecular weight is 353 g/mol. The van der Waals surface area contributed by atoms with Crippen molar-refractivity contribution in [3.8, 4) is 5.75 Å². The lowest BCUT2D eigenvalue weighted by atomic mass is 10.0. The summed E-state index contributed by atoms with van der Waals surface area (Å²) in [4.78, 5) is 36.2. The molecule has 6 heteroatoms. The second-order valence-corrected chi connectivity index (χ2v) is 6.06. The summed E-state index contributed by atoms with van der Waals surface area (Å²) in [5.41, 5.74) is 2.39. The Morgan fingerprint density at radius 3 is 2.42 bits per heavy atom. The van der Waals surface area contributed by atoms with Crippen LogP contribution in [0.4, 0.5) is 5.69 Å². The summed E-state index contributed by atoms with van der Waals surface area (Å²) >= 11 is 0. The van der Waals surface area contributed by atoms with Gasteiger partial charge in [0.15, 0.2) is 6.10 Å². The van der Waals surface area contributed by atoms with Crippen molar-refractivity contribution >= 4 is 23.3 Å². The van der Waals surface area contributed by atoms with Gasteiger partial charge >= 0.3 is 5.97 Å². The van der Waals surface area contributed by atoms with E-state index in [4.69, 9.17) is 9.47 Å². The minimum Gasteiger partial charge on any atom is -0.497 e. The topological polar surface area (TPSA) is 81.7 Å². The predicted molar refractivity (Wildman–Crippen MR) is 95.6 cm³/mol. The highest BCUT2D eigenvalue weighted by Crippen LogP contribution is 2.24. The second kappa shape index (κ2) is 7.39. The van der Waals surface area contributed by atoms with Crippen LogP contribution in [0.1, 0.15) is 39.6 Å². The Hall–Kier alpha value is -3.15. The number of hydrogen-bond donors (Lipinski definition) is 1. The van der Waals surface area contributed by atoms with E-state index in [1.165, 1.54) is 0 Å². The van der Waals surface area contributed by atoms with E-state index in [9.17, 15) is 14.4 Å². The van der Waals surface area contributed by atoms with Gasteiger partial charge in [0, 0.05) is 17.7 Å². The first kappa shape index (κ1) is 17.7. The molecule has 2 aromatic rings. The molecule has 6 nitrogen and oxygen atoms in total. The number of esters is 1. The average Bonchev–Trinajstić information content (AvgIpc) is 2.66. The van der Waals surface area contributed by atoms with Gasteiger partial charge in [-0.05, 0) is 61.4 Å². The summed E-state index contributed by atoms with van der Waals surface area (Å²) in [6.45, 7) is 1.54. The van der Waals surface area contributed by atoms with E-state index in [1.807, 2.05) is 0 Å². The number of carbonyl (C=O) groups is 3.